The van der Waals surface area contributed by atoms with Gasteiger partial charge in [0, 0.05) is 39.1 Å². The van der Waals surface area contributed by atoms with Crippen LogP contribution in [0.1, 0.15) is 12.0 Å². The molecule has 2 aliphatic heterocycles. The number of imide groups is 1. The SMILES string of the molecule is O=C1C[C@@H](SC(=S)N2CCN(Cc3ccccc3)CC2)C(=O)N1c1cccc(Cl)c1Cl. The van der Waals surface area contributed by atoms with E-state index < -0.39 is 5.25 Å². The molecular formula is C22H21Cl2N3O2S2. The van der Waals surface area contributed by atoms with Crippen molar-refractivity contribution >= 4 is 69.0 Å². The Labute approximate surface area is 201 Å². The molecule has 2 aromatic carbocycles. The molecule has 0 spiro atoms. The minimum absolute atomic E-state index is 0.0977. The zero-order valence-corrected chi connectivity index (χ0v) is 19.8. The maximum absolute atomic E-state index is 12.9. The first kappa shape index (κ1) is 22.6. The molecule has 0 bridgehead atoms. The van der Waals surface area contributed by atoms with Crippen LogP contribution in [0.15, 0.2) is 48.5 Å². The minimum atomic E-state index is -0.544. The van der Waals surface area contributed by atoms with Crippen LogP contribution in [-0.2, 0) is 16.1 Å². The van der Waals surface area contributed by atoms with Crippen LogP contribution in [0, 0.1) is 0 Å². The molecule has 162 valence electrons. The lowest BCUT2D eigenvalue weighted by Gasteiger charge is -2.36. The van der Waals surface area contributed by atoms with E-state index >= 15 is 0 Å². The highest BCUT2D eigenvalue weighted by Gasteiger charge is 2.42. The topological polar surface area (TPSA) is 43.9 Å². The first-order chi connectivity index (χ1) is 14.9. The summed E-state index contributed by atoms with van der Waals surface area (Å²) in [6.07, 6.45) is 0.0977. The Balaban J connectivity index is 1.33. The van der Waals surface area contributed by atoms with Gasteiger partial charge < -0.3 is 4.90 Å². The molecule has 2 fully saturated rings. The normalized spacial score (nSPS) is 19.9. The van der Waals surface area contributed by atoms with Crippen LogP contribution in [0.3, 0.4) is 0 Å². The summed E-state index contributed by atoms with van der Waals surface area (Å²) < 4.78 is 0.657. The number of hydrogen-bond donors (Lipinski definition) is 0. The molecule has 2 saturated heterocycles. The fourth-order valence-corrected chi connectivity index (χ4v) is 5.66. The number of halogens is 2. The first-order valence-corrected chi connectivity index (χ1v) is 12.0. The van der Waals surface area contributed by atoms with Gasteiger partial charge in [0.05, 0.1) is 15.7 Å². The predicted molar refractivity (Wildman–Crippen MR) is 131 cm³/mol. The lowest BCUT2D eigenvalue weighted by molar-refractivity contribution is -0.121. The van der Waals surface area contributed by atoms with E-state index in [1.165, 1.54) is 17.3 Å². The number of rotatable bonds is 4. The second kappa shape index (κ2) is 9.88. The largest absolute Gasteiger partial charge is 0.355 e. The highest BCUT2D eigenvalue weighted by atomic mass is 35.5. The van der Waals surface area contributed by atoms with Gasteiger partial charge in [-0.2, -0.15) is 0 Å². The lowest BCUT2D eigenvalue weighted by Crippen LogP contribution is -2.47. The summed E-state index contributed by atoms with van der Waals surface area (Å²) in [5.74, 6) is -0.591. The van der Waals surface area contributed by atoms with Gasteiger partial charge >= 0.3 is 0 Å². The first-order valence-electron chi connectivity index (χ1n) is 9.96. The van der Waals surface area contributed by atoms with Crippen molar-refractivity contribution in [3.05, 3.63) is 64.1 Å². The number of carbonyl (C=O) groups is 2. The third-order valence-electron chi connectivity index (χ3n) is 5.40. The van der Waals surface area contributed by atoms with E-state index in [0.717, 1.165) is 37.6 Å². The van der Waals surface area contributed by atoms with E-state index in [2.05, 4.69) is 34.1 Å². The number of nitrogens with zero attached hydrogens (tertiary/aromatic N) is 3. The fourth-order valence-electron chi connectivity index (χ4n) is 3.74. The summed E-state index contributed by atoms with van der Waals surface area (Å²) in [6.45, 7) is 4.32. The van der Waals surface area contributed by atoms with Crippen LogP contribution in [0.5, 0.6) is 0 Å². The number of anilines is 1. The molecule has 0 saturated carbocycles. The summed E-state index contributed by atoms with van der Waals surface area (Å²) in [4.78, 5) is 31.2. The van der Waals surface area contributed by atoms with Crippen LogP contribution in [-0.4, -0.2) is 57.4 Å². The van der Waals surface area contributed by atoms with E-state index in [1.54, 1.807) is 18.2 Å². The summed E-state index contributed by atoms with van der Waals surface area (Å²) in [7, 11) is 0. The van der Waals surface area contributed by atoms with E-state index in [0.29, 0.717) is 15.0 Å². The van der Waals surface area contributed by atoms with Gasteiger partial charge in [-0.3, -0.25) is 14.5 Å². The van der Waals surface area contributed by atoms with Crippen molar-refractivity contribution in [3.63, 3.8) is 0 Å². The second-order valence-corrected chi connectivity index (χ2v) is 10.1. The Kier molecular flexibility index (Phi) is 7.19. The molecule has 0 radical (unpaired) electrons. The molecule has 2 amide bonds. The monoisotopic (exact) mass is 493 g/mol. The molecule has 2 aromatic rings. The van der Waals surface area contributed by atoms with Crippen molar-refractivity contribution in [1.82, 2.24) is 9.80 Å². The molecule has 4 rings (SSSR count). The number of benzene rings is 2. The second-order valence-electron chi connectivity index (χ2n) is 7.47. The third kappa shape index (κ3) is 5.07. The minimum Gasteiger partial charge on any atom is -0.355 e. The van der Waals surface area contributed by atoms with Crippen molar-refractivity contribution in [2.24, 2.45) is 0 Å². The Morgan fingerprint density at radius 3 is 2.42 bits per heavy atom. The van der Waals surface area contributed by atoms with Gasteiger partial charge in [0.15, 0.2) is 0 Å². The predicted octanol–water partition coefficient (Wildman–Crippen LogP) is 4.46. The van der Waals surface area contributed by atoms with Crippen molar-refractivity contribution < 1.29 is 9.59 Å². The van der Waals surface area contributed by atoms with E-state index in [1.807, 2.05) is 6.07 Å². The van der Waals surface area contributed by atoms with Crippen molar-refractivity contribution in [3.8, 4) is 0 Å². The van der Waals surface area contributed by atoms with Gasteiger partial charge in [0.2, 0.25) is 11.8 Å². The van der Waals surface area contributed by atoms with Gasteiger partial charge in [-0.1, -0.05) is 83.6 Å². The van der Waals surface area contributed by atoms with Gasteiger partial charge in [0.25, 0.3) is 0 Å². The van der Waals surface area contributed by atoms with Crippen LogP contribution in [0.25, 0.3) is 0 Å². The molecule has 2 aliphatic rings. The highest BCUT2D eigenvalue weighted by Crippen LogP contribution is 2.37. The fraction of sp³-hybridized carbons (Fsp3) is 0.318. The van der Waals surface area contributed by atoms with Crippen molar-refractivity contribution in [1.29, 1.82) is 0 Å². The Morgan fingerprint density at radius 2 is 1.71 bits per heavy atom. The molecule has 0 aromatic heterocycles. The van der Waals surface area contributed by atoms with Crippen LogP contribution >= 0.6 is 47.2 Å². The maximum atomic E-state index is 12.9. The zero-order valence-electron chi connectivity index (χ0n) is 16.7. The molecule has 31 heavy (non-hydrogen) atoms. The Morgan fingerprint density at radius 1 is 1.00 bits per heavy atom. The average Bonchev–Trinajstić information content (AvgIpc) is 3.04. The summed E-state index contributed by atoms with van der Waals surface area (Å²) in [5, 5.41) is -0.0363. The molecule has 1 atom stereocenters. The van der Waals surface area contributed by atoms with Crippen LogP contribution < -0.4 is 4.90 Å². The molecule has 0 N–H and O–H groups in total. The lowest BCUT2D eigenvalue weighted by atomic mass is 10.2. The van der Waals surface area contributed by atoms with E-state index in [-0.39, 0.29) is 23.3 Å². The molecule has 0 unspecified atom stereocenters. The third-order valence-corrected chi connectivity index (χ3v) is 7.87. The van der Waals surface area contributed by atoms with E-state index in [4.69, 9.17) is 35.4 Å². The van der Waals surface area contributed by atoms with Gasteiger partial charge in [-0.25, -0.2) is 4.90 Å². The molecular weight excluding hydrogens is 473 g/mol. The maximum Gasteiger partial charge on any atom is 0.247 e. The van der Waals surface area contributed by atoms with Crippen LogP contribution in [0.2, 0.25) is 10.0 Å². The summed E-state index contributed by atoms with van der Waals surface area (Å²) >= 11 is 19.2. The average molecular weight is 494 g/mol. The van der Waals surface area contributed by atoms with Crippen molar-refractivity contribution in [2.45, 2.75) is 18.2 Å². The number of thioether (sulfide) groups is 1. The molecule has 0 aliphatic carbocycles. The zero-order chi connectivity index (χ0) is 22.0. The number of carbonyl (C=O) groups excluding carboxylic acids is 2. The number of amides is 2. The number of thiocarbonyl (C=S) groups is 1. The smallest absolute Gasteiger partial charge is 0.247 e. The molecule has 2 heterocycles. The van der Waals surface area contributed by atoms with Gasteiger partial charge in [-0.05, 0) is 17.7 Å². The van der Waals surface area contributed by atoms with E-state index in [9.17, 15) is 9.59 Å². The standard InChI is InChI=1S/C22H21Cl2N3O2S2/c23-16-7-4-8-17(20(16)24)27-19(28)13-18(21(27)29)31-22(30)26-11-9-25(10-12-26)14-15-5-2-1-3-6-15/h1-8,18H,9-14H2/t18-/m1/s1. The number of hydrogen-bond acceptors (Lipinski definition) is 5. The van der Waals surface area contributed by atoms with Gasteiger partial charge in [0.1, 0.15) is 9.57 Å². The van der Waals surface area contributed by atoms with Crippen LogP contribution in [0.4, 0.5) is 5.69 Å². The highest BCUT2D eigenvalue weighted by molar-refractivity contribution is 8.23. The Hall–Kier alpha value is -1.64. The molecule has 9 heteroatoms. The molecule has 5 nitrogen and oxygen atoms in total. The summed E-state index contributed by atoms with van der Waals surface area (Å²) in [6, 6.07) is 15.3. The summed E-state index contributed by atoms with van der Waals surface area (Å²) in [5.41, 5.74) is 1.62. The Bertz CT molecular complexity index is 998. The quantitative estimate of drug-likeness (QED) is 0.462. The van der Waals surface area contributed by atoms with Crippen molar-refractivity contribution in [2.75, 3.05) is 31.1 Å². The van der Waals surface area contributed by atoms with Gasteiger partial charge in [-0.15, -0.1) is 0 Å². The number of piperazine rings is 1.